The topological polar surface area (TPSA) is 111 Å². The maximum atomic E-state index is 12.0. The third kappa shape index (κ3) is 4.26. The minimum Gasteiger partial charge on any atom is -0.376 e. The molecular formula is C13H19N3O5S. The Morgan fingerprint density at radius 2 is 2.14 bits per heavy atom. The number of rotatable bonds is 7. The van der Waals surface area contributed by atoms with Gasteiger partial charge in [-0.3, -0.25) is 4.79 Å². The van der Waals surface area contributed by atoms with E-state index in [2.05, 4.69) is 15.5 Å². The highest BCUT2D eigenvalue weighted by Crippen LogP contribution is 2.38. The van der Waals surface area contributed by atoms with Crippen molar-refractivity contribution in [1.29, 1.82) is 0 Å². The summed E-state index contributed by atoms with van der Waals surface area (Å²) in [5, 5.41) is 6.35. The van der Waals surface area contributed by atoms with Crippen LogP contribution in [0, 0.1) is 0 Å². The average molecular weight is 329 g/mol. The number of sulfone groups is 1. The molecule has 2 fully saturated rings. The van der Waals surface area contributed by atoms with Gasteiger partial charge in [0.05, 0.1) is 6.10 Å². The van der Waals surface area contributed by atoms with Crippen LogP contribution in [0.4, 0.5) is 0 Å². The smallest absolute Gasteiger partial charge is 0.241 e. The van der Waals surface area contributed by atoms with Crippen molar-refractivity contribution in [3.05, 3.63) is 11.7 Å². The van der Waals surface area contributed by atoms with Crippen LogP contribution < -0.4 is 5.32 Å². The number of aromatic nitrogens is 2. The summed E-state index contributed by atoms with van der Waals surface area (Å²) in [6, 6.07) is 0. The monoisotopic (exact) mass is 329 g/mol. The first kappa shape index (κ1) is 15.4. The lowest BCUT2D eigenvalue weighted by atomic mass is 10.2. The Bertz CT molecular complexity index is 632. The molecule has 1 aliphatic carbocycles. The molecule has 1 aromatic heterocycles. The van der Waals surface area contributed by atoms with Gasteiger partial charge < -0.3 is 14.6 Å². The molecule has 1 aromatic rings. The Morgan fingerprint density at radius 1 is 1.32 bits per heavy atom. The molecule has 2 heterocycles. The highest BCUT2D eigenvalue weighted by molar-refractivity contribution is 7.91. The van der Waals surface area contributed by atoms with Gasteiger partial charge >= 0.3 is 0 Å². The van der Waals surface area contributed by atoms with Crippen LogP contribution in [0.1, 0.15) is 43.3 Å². The predicted octanol–water partition coefficient (Wildman–Crippen LogP) is 0.157. The number of carbonyl (C=O) groups is 1. The molecule has 1 N–H and O–H groups in total. The fourth-order valence-electron chi connectivity index (χ4n) is 2.36. The molecule has 0 spiro atoms. The minimum absolute atomic E-state index is 0.0105. The van der Waals surface area contributed by atoms with E-state index in [4.69, 9.17) is 9.26 Å². The van der Waals surface area contributed by atoms with Gasteiger partial charge in [0.1, 0.15) is 11.5 Å². The summed E-state index contributed by atoms with van der Waals surface area (Å²) in [6.07, 6.45) is 3.87. The summed E-state index contributed by atoms with van der Waals surface area (Å²) in [4.78, 5) is 15.8. The Hall–Kier alpha value is -1.48. The molecule has 1 saturated carbocycles. The van der Waals surface area contributed by atoms with Crippen LogP contribution in [0.5, 0.6) is 0 Å². The fraction of sp³-hybridized carbons (Fsp3) is 0.769. The molecule has 0 aromatic carbocycles. The van der Waals surface area contributed by atoms with Gasteiger partial charge in [-0.25, -0.2) is 8.42 Å². The van der Waals surface area contributed by atoms with Crippen molar-refractivity contribution >= 4 is 15.7 Å². The van der Waals surface area contributed by atoms with Crippen molar-refractivity contribution in [2.75, 3.05) is 18.9 Å². The van der Waals surface area contributed by atoms with Crippen molar-refractivity contribution in [2.45, 2.75) is 43.5 Å². The lowest BCUT2D eigenvalue weighted by Crippen LogP contribution is -2.36. The van der Waals surface area contributed by atoms with Gasteiger partial charge in [-0.1, -0.05) is 5.16 Å². The Morgan fingerprint density at radius 3 is 2.82 bits per heavy atom. The van der Waals surface area contributed by atoms with E-state index in [1.54, 1.807) is 0 Å². The summed E-state index contributed by atoms with van der Waals surface area (Å²) >= 11 is 0. The minimum atomic E-state index is -3.62. The Labute approximate surface area is 128 Å². The standard InChI is InChI=1S/C13H19N3O5S/c17-11(14-6-10-2-1-5-20-10)7-22(18,19)8-12-15-13(16-21-12)9-3-4-9/h9-10H,1-8H2,(H,14,17)/t10-/m0/s1. The third-order valence-corrected chi connectivity index (χ3v) is 5.06. The van der Waals surface area contributed by atoms with Gasteiger partial charge in [-0.05, 0) is 25.7 Å². The highest BCUT2D eigenvalue weighted by Gasteiger charge is 2.30. The van der Waals surface area contributed by atoms with E-state index in [0.717, 1.165) is 25.7 Å². The van der Waals surface area contributed by atoms with Crippen LogP contribution in [-0.2, 0) is 25.1 Å². The summed E-state index contributed by atoms with van der Waals surface area (Å²) < 4.78 is 34.3. The number of nitrogens with zero attached hydrogens (tertiary/aromatic N) is 2. The van der Waals surface area contributed by atoms with Crippen LogP contribution in [-0.4, -0.2) is 49.5 Å². The number of hydrogen-bond donors (Lipinski definition) is 1. The molecule has 2 aliphatic rings. The van der Waals surface area contributed by atoms with Crippen LogP contribution in [0.2, 0.25) is 0 Å². The summed E-state index contributed by atoms with van der Waals surface area (Å²) in [5.74, 6) is -0.602. The van der Waals surface area contributed by atoms with Crippen LogP contribution in [0.25, 0.3) is 0 Å². The molecule has 0 unspecified atom stereocenters. The number of amides is 1. The zero-order valence-electron chi connectivity index (χ0n) is 12.2. The van der Waals surface area contributed by atoms with Crippen molar-refractivity contribution in [1.82, 2.24) is 15.5 Å². The van der Waals surface area contributed by atoms with Crippen molar-refractivity contribution < 1.29 is 22.5 Å². The first-order valence-electron chi connectivity index (χ1n) is 7.43. The maximum absolute atomic E-state index is 12.0. The molecule has 0 bridgehead atoms. The molecule has 22 heavy (non-hydrogen) atoms. The van der Waals surface area contributed by atoms with E-state index >= 15 is 0 Å². The molecular weight excluding hydrogens is 310 g/mol. The molecule has 3 rings (SSSR count). The van der Waals surface area contributed by atoms with Crippen LogP contribution >= 0.6 is 0 Å². The van der Waals surface area contributed by atoms with E-state index in [1.165, 1.54) is 0 Å². The SMILES string of the molecule is O=C(CS(=O)(=O)Cc1nc(C2CC2)no1)NC[C@@H]1CCCO1. The molecule has 1 saturated heterocycles. The largest absolute Gasteiger partial charge is 0.376 e. The number of ether oxygens (including phenoxy) is 1. The predicted molar refractivity (Wildman–Crippen MR) is 75.7 cm³/mol. The molecule has 1 atom stereocenters. The number of nitrogens with one attached hydrogen (secondary N) is 1. The van der Waals surface area contributed by atoms with Crippen LogP contribution in [0.3, 0.4) is 0 Å². The second-order valence-electron chi connectivity index (χ2n) is 5.79. The van der Waals surface area contributed by atoms with E-state index in [-0.39, 0.29) is 12.0 Å². The molecule has 1 amide bonds. The van der Waals surface area contributed by atoms with Gasteiger partial charge in [0.15, 0.2) is 15.7 Å². The maximum Gasteiger partial charge on any atom is 0.241 e. The molecule has 8 nitrogen and oxygen atoms in total. The fourth-order valence-corrected chi connectivity index (χ4v) is 3.45. The summed E-state index contributed by atoms with van der Waals surface area (Å²) in [6.45, 7) is 1.04. The summed E-state index contributed by atoms with van der Waals surface area (Å²) in [5.41, 5.74) is 0. The van der Waals surface area contributed by atoms with Crippen molar-refractivity contribution in [2.24, 2.45) is 0 Å². The van der Waals surface area contributed by atoms with Gasteiger partial charge in [0.25, 0.3) is 0 Å². The first-order chi connectivity index (χ1) is 10.5. The Kier molecular flexibility index (Phi) is 4.44. The second-order valence-corrected chi connectivity index (χ2v) is 7.86. The highest BCUT2D eigenvalue weighted by atomic mass is 32.2. The lowest BCUT2D eigenvalue weighted by molar-refractivity contribution is -0.119. The first-order valence-corrected chi connectivity index (χ1v) is 9.25. The molecule has 0 radical (unpaired) electrons. The van der Waals surface area contributed by atoms with E-state index < -0.39 is 27.3 Å². The quantitative estimate of drug-likeness (QED) is 0.758. The average Bonchev–Trinajstić information content (AvgIpc) is 2.98. The zero-order chi connectivity index (χ0) is 15.6. The van der Waals surface area contributed by atoms with Gasteiger partial charge in [-0.2, -0.15) is 4.98 Å². The molecule has 122 valence electrons. The van der Waals surface area contributed by atoms with Gasteiger partial charge in [-0.15, -0.1) is 0 Å². The normalized spacial score (nSPS) is 21.9. The Balaban J connectivity index is 1.47. The van der Waals surface area contributed by atoms with E-state index in [0.29, 0.717) is 24.9 Å². The number of hydrogen-bond acceptors (Lipinski definition) is 7. The van der Waals surface area contributed by atoms with Gasteiger partial charge in [0, 0.05) is 19.1 Å². The van der Waals surface area contributed by atoms with Gasteiger partial charge in [0.2, 0.25) is 11.8 Å². The zero-order valence-corrected chi connectivity index (χ0v) is 13.0. The molecule has 1 aliphatic heterocycles. The number of carbonyl (C=O) groups excluding carboxylic acids is 1. The van der Waals surface area contributed by atoms with Crippen molar-refractivity contribution in [3.8, 4) is 0 Å². The van der Waals surface area contributed by atoms with Crippen LogP contribution in [0.15, 0.2) is 4.52 Å². The van der Waals surface area contributed by atoms with E-state index in [9.17, 15) is 13.2 Å². The molecule has 9 heteroatoms. The second kappa shape index (κ2) is 6.33. The van der Waals surface area contributed by atoms with Crippen molar-refractivity contribution in [3.63, 3.8) is 0 Å². The summed E-state index contributed by atoms with van der Waals surface area (Å²) in [7, 11) is -3.62. The van der Waals surface area contributed by atoms with E-state index in [1.807, 2.05) is 0 Å². The lowest BCUT2D eigenvalue weighted by Gasteiger charge is -2.10. The third-order valence-electron chi connectivity index (χ3n) is 3.67.